The van der Waals surface area contributed by atoms with Crippen LogP contribution in [-0.2, 0) is 0 Å². The summed E-state index contributed by atoms with van der Waals surface area (Å²) >= 11 is 0. The molecule has 56 heavy (non-hydrogen) atoms. The van der Waals surface area contributed by atoms with Gasteiger partial charge in [-0.1, -0.05) is 170 Å². The molecule has 0 aliphatic heterocycles. The predicted molar refractivity (Wildman–Crippen MR) is 245 cm³/mol. The fraction of sp³-hybridized carbons (Fsp3) is 0.0566. The Bertz CT molecular complexity index is 2990. The summed E-state index contributed by atoms with van der Waals surface area (Å²) < 4.78 is 0. The number of rotatable bonds is 8. The van der Waals surface area contributed by atoms with Crippen LogP contribution in [0.2, 0.25) is 19.6 Å². The lowest BCUT2D eigenvalue weighted by molar-refractivity contribution is 1.30. The normalized spacial score (nSPS) is 11.8. The third-order valence-corrected chi connectivity index (χ3v) is 13.4. The Balaban J connectivity index is 1.30. The van der Waals surface area contributed by atoms with Crippen LogP contribution in [0, 0.1) is 0 Å². The lowest BCUT2D eigenvalue weighted by Crippen LogP contribution is -2.37. The summed E-state index contributed by atoms with van der Waals surface area (Å²) in [5.74, 6) is 0. The van der Waals surface area contributed by atoms with Crippen LogP contribution in [0.15, 0.2) is 200 Å². The Hall–Kier alpha value is -6.68. The summed E-state index contributed by atoms with van der Waals surface area (Å²) in [7, 11) is -1.47. The van der Waals surface area contributed by atoms with Crippen molar-refractivity contribution in [3.8, 4) is 11.1 Å². The molecule has 10 aromatic carbocycles. The van der Waals surface area contributed by atoms with Gasteiger partial charge in [0.05, 0.1) is 25.1 Å². The Morgan fingerprint density at radius 3 is 1.54 bits per heavy atom. The molecule has 0 aliphatic carbocycles. The van der Waals surface area contributed by atoms with Crippen molar-refractivity contribution in [2.75, 3.05) is 9.80 Å². The first kappa shape index (κ1) is 33.9. The van der Waals surface area contributed by atoms with E-state index in [0.29, 0.717) is 0 Å². The van der Waals surface area contributed by atoms with Crippen molar-refractivity contribution in [2.45, 2.75) is 19.6 Å². The number of fused-ring (bicyclic) bond motifs is 3. The molecule has 3 heteroatoms. The van der Waals surface area contributed by atoms with Crippen molar-refractivity contribution in [3.05, 3.63) is 200 Å². The molecule has 0 aliphatic rings. The average molecular weight is 735 g/mol. The Morgan fingerprint density at radius 2 is 0.839 bits per heavy atom. The Kier molecular flexibility index (Phi) is 8.20. The van der Waals surface area contributed by atoms with Crippen molar-refractivity contribution in [1.82, 2.24) is 0 Å². The van der Waals surface area contributed by atoms with Crippen LogP contribution >= 0.6 is 0 Å². The van der Waals surface area contributed by atoms with Gasteiger partial charge < -0.3 is 9.80 Å². The zero-order valence-electron chi connectivity index (χ0n) is 31.9. The van der Waals surface area contributed by atoms with E-state index >= 15 is 0 Å². The highest BCUT2D eigenvalue weighted by molar-refractivity contribution is 6.88. The van der Waals surface area contributed by atoms with Crippen molar-refractivity contribution >= 4 is 90.5 Å². The summed E-state index contributed by atoms with van der Waals surface area (Å²) in [5.41, 5.74) is 9.26. The number of anilines is 6. The number of benzene rings is 10. The Morgan fingerprint density at radius 1 is 0.321 bits per heavy atom. The topological polar surface area (TPSA) is 6.48 Å². The first-order valence-corrected chi connectivity index (χ1v) is 23.0. The van der Waals surface area contributed by atoms with Crippen molar-refractivity contribution in [2.24, 2.45) is 0 Å². The molecule has 0 amide bonds. The minimum absolute atomic E-state index is 1.12. The highest BCUT2D eigenvalue weighted by Crippen LogP contribution is 2.51. The van der Waals surface area contributed by atoms with E-state index in [1.54, 1.807) is 0 Å². The zero-order valence-corrected chi connectivity index (χ0v) is 32.9. The first-order valence-electron chi connectivity index (χ1n) is 19.5. The number of para-hydroxylation sites is 3. The maximum absolute atomic E-state index is 2.47. The standard InChI is InChI=1S/C53H42N2Si/c1-56(2,3)42-31-29-41(30-32-42)54(39-19-9-5-10-20-39)49-36-34-46-44-24-13-14-25-45(44)53-50(35-28-38-27-33-47(49)52(46)51(38)53)55(40-21-11-6-12-22-40)48-26-16-15-23-43(48)37-17-7-4-8-18-37/h4-36H,1-3H3. The quantitative estimate of drug-likeness (QED) is 0.0871. The number of hydrogen-bond donors (Lipinski definition) is 0. The van der Waals surface area contributed by atoms with Gasteiger partial charge in [0, 0.05) is 44.2 Å². The maximum Gasteiger partial charge on any atom is 0.0775 e. The fourth-order valence-corrected chi connectivity index (χ4v) is 9.85. The molecular weight excluding hydrogens is 693 g/mol. The minimum Gasteiger partial charge on any atom is -0.310 e. The molecule has 2 nitrogen and oxygen atoms in total. The van der Waals surface area contributed by atoms with Crippen molar-refractivity contribution in [3.63, 3.8) is 0 Å². The van der Waals surface area contributed by atoms with Crippen LogP contribution in [-0.4, -0.2) is 8.07 Å². The molecule has 0 radical (unpaired) electrons. The van der Waals surface area contributed by atoms with E-state index in [9.17, 15) is 0 Å². The molecule has 0 spiro atoms. The van der Waals surface area contributed by atoms with Gasteiger partial charge in [0.25, 0.3) is 0 Å². The van der Waals surface area contributed by atoms with E-state index in [4.69, 9.17) is 0 Å². The number of hydrogen-bond acceptors (Lipinski definition) is 2. The van der Waals surface area contributed by atoms with Crippen LogP contribution < -0.4 is 15.0 Å². The maximum atomic E-state index is 2.47. The Labute approximate surface area is 329 Å². The van der Waals surface area contributed by atoms with E-state index in [1.807, 2.05) is 0 Å². The number of nitrogens with zero attached hydrogens (tertiary/aromatic N) is 2. The van der Waals surface area contributed by atoms with Gasteiger partial charge in [-0.3, -0.25) is 0 Å². The van der Waals surface area contributed by atoms with Gasteiger partial charge in [-0.25, -0.2) is 0 Å². The fourth-order valence-electron chi connectivity index (χ4n) is 8.68. The van der Waals surface area contributed by atoms with E-state index in [-0.39, 0.29) is 0 Å². The highest BCUT2D eigenvalue weighted by Gasteiger charge is 2.25. The second-order valence-corrected chi connectivity index (χ2v) is 20.8. The van der Waals surface area contributed by atoms with Crippen LogP contribution in [0.4, 0.5) is 34.1 Å². The van der Waals surface area contributed by atoms with E-state index < -0.39 is 8.07 Å². The molecule has 0 fully saturated rings. The summed E-state index contributed by atoms with van der Waals surface area (Å²) in [4.78, 5) is 4.91. The van der Waals surface area contributed by atoms with E-state index in [1.165, 1.54) is 65.1 Å². The van der Waals surface area contributed by atoms with Crippen molar-refractivity contribution < 1.29 is 0 Å². The average Bonchev–Trinajstić information content (AvgIpc) is 3.25. The van der Waals surface area contributed by atoms with Gasteiger partial charge in [-0.15, -0.1) is 0 Å². The van der Waals surface area contributed by atoms with Crippen LogP contribution in [0.25, 0.3) is 54.2 Å². The lowest BCUT2D eigenvalue weighted by Gasteiger charge is -2.31. The van der Waals surface area contributed by atoms with Crippen LogP contribution in [0.5, 0.6) is 0 Å². The molecule has 0 heterocycles. The van der Waals surface area contributed by atoms with Gasteiger partial charge in [0.15, 0.2) is 0 Å². The summed E-state index contributed by atoms with van der Waals surface area (Å²) in [6, 6.07) is 73.6. The smallest absolute Gasteiger partial charge is 0.0775 e. The molecule has 0 saturated carbocycles. The third kappa shape index (κ3) is 5.63. The van der Waals surface area contributed by atoms with E-state index in [0.717, 1.165) is 28.4 Å². The van der Waals surface area contributed by atoms with Crippen molar-refractivity contribution in [1.29, 1.82) is 0 Å². The minimum atomic E-state index is -1.47. The van der Waals surface area contributed by atoms with Gasteiger partial charge >= 0.3 is 0 Å². The zero-order chi connectivity index (χ0) is 37.8. The largest absolute Gasteiger partial charge is 0.310 e. The van der Waals surface area contributed by atoms with Crippen LogP contribution in [0.1, 0.15) is 0 Å². The second-order valence-electron chi connectivity index (χ2n) is 15.7. The molecule has 0 saturated heterocycles. The summed E-state index contributed by atoms with van der Waals surface area (Å²) in [6.07, 6.45) is 0. The molecule has 268 valence electrons. The van der Waals surface area contributed by atoms with Gasteiger partial charge in [-0.2, -0.15) is 0 Å². The van der Waals surface area contributed by atoms with Gasteiger partial charge in [-0.05, 0) is 81.7 Å². The molecular formula is C53H42N2Si. The summed E-state index contributed by atoms with van der Waals surface area (Å²) in [6.45, 7) is 7.24. The monoisotopic (exact) mass is 734 g/mol. The molecule has 10 rings (SSSR count). The lowest BCUT2D eigenvalue weighted by atomic mass is 9.87. The summed E-state index contributed by atoms with van der Waals surface area (Å²) in [5, 5.41) is 11.5. The van der Waals surface area contributed by atoms with E-state index in [2.05, 4.69) is 230 Å². The first-order chi connectivity index (χ1) is 27.5. The second kappa shape index (κ2) is 13.6. The molecule has 0 bridgehead atoms. The molecule has 0 N–H and O–H groups in total. The third-order valence-electron chi connectivity index (χ3n) is 11.3. The molecule has 0 unspecified atom stereocenters. The molecule has 10 aromatic rings. The van der Waals surface area contributed by atoms with Crippen LogP contribution in [0.3, 0.4) is 0 Å². The predicted octanol–water partition coefficient (Wildman–Crippen LogP) is 14.9. The van der Waals surface area contributed by atoms with Gasteiger partial charge in [0.2, 0.25) is 0 Å². The van der Waals surface area contributed by atoms with Gasteiger partial charge in [0.1, 0.15) is 0 Å². The molecule has 0 aromatic heterocycles. The SMILES string of the molecule is C[Si](C)(C)c1ccc(N(c2ccccc2)c2ccc3c4ccccc4c4c(N(c5ccccc5)c5ccccc5-c5ccccc5)ccc5ccc2c3c54)cc1. The molecule has 0 atom stereocenters. The highest BCUT2D eigenvalue weighted by atomic mass is 28.3.